The van der Waals surface area contributed by atoms with Crippen LogP contribution in [0, 0.1) is 0 Å². The Morgan fingerprint density at radius 3 is 2.77 bits per heavy atom. The van der Waals surface area contributed by atoms with E-state index in [2.05, 4.69) is 20.1 Å². The summed E-state index contributed by atoms with van der Waals surface area (Å²) >= 11 is 1.37. The molecule has 0 saturated heterocycles. The molecular weight excluding hydrogens is 416 g/mol. The molecule has 0 aliphatic rings. The molecule has 4 rings (SSSR count). The van der Waals surface area contributed by atoms with E-state index in [1.54, 1.807) is 41.0 Å². The monoisotopic (exact) mass is 434 g/mol. The molecule has 1 aromatic carbocycles. The van der Waals surface area contributed by atoms with Gasteiger partial charge in [0.2, 0.25) is 11.7 Å². The second kappa shape index (κ2) is 8.88. The molecule has 156 valence electrons. The van der Waals surface area contributed by atoms with Crippen LogP contribution < -0.4 is 5.32 Å². The largest absolute Gasteiger partial charge is 0.469 e. The van der Waals surface area contributed by atoms with Crippen molar-refractivity contribution in [1.29, 1.82) is 0 Å². The average molecular weight is 434 g/mol. The first-order chi connectivity index (χ1) is 15.1. The van der Waals surface area contributed by atoms with Crippen molar-refractivity contribution in [3.8, 4) is 11.3 Å². The third kappa shape index (κ3) is 4.36. The maximum Gasteiger partial charge on any atom is 0.306 e. The Kier molecular flexibility index (Phi) is 5.85. The van der Waals surface area contributed by atoms with E-state index in [0.717, 1.165) is 11.3 Å². The van der Waals surface area contributed by atoms with Gasteiger partial charge in [0.05, 0.1) is 35.9 Å². The maximum atomic E-state index is 12.8. The third-order valence-corrected chi connectivity index (χ3v) is 5.49. The van der Waals surface area contributed by atoms with Crippen molar-refractivity contribution in [3.05, 3.63) is 70.7 Å². The molecule has 0 bridgehead atoms. The van der Waals surface area contributed by atoms with Crippen LogP contribution in [0.15, 0.2) is 60.2 Å². The highest BCUT2D eigenvalue weighted by atomic mass is 32.1. The molecule has 0 aliphatic carbocycles. The number of benzene rings is 1. The Morgan fingerprint density at radius 1 is 1.13 bits per heavy atom. The van der Waals surface area contributed by atoms with Crippen LogP contribution in [0.3, 0.4) is 0 Å². The van der Waals surface area contributed by atoms with Gasteiger partial charge in [-0.25, -0.2) is 9.50 Å². The number of anilines is 1. The predicted molar refractivity (Wildman–Crippen MR) is 116 cm³/mol. The molecule has 1 amide bonds. The van der Waals surface area contributed by atoms with Crippen LogP contribution in [0.4, 0.5) is 5.69 Å². The number of methoxy groups -OCH3 is 1. The fourth-order valence-electron chi connectivity index (χ4n) is 3.11. The molecule has 0 fully saturated rings. The summed E-state index contributed by atoms with van der Waals surface area (Å²) < 4.78 is 6.16. The molecule has 1 N–H and O–H groups in total. The quantitative estimate of drug-likeness (QED) is 0.352. The van der Waals surface area contributed by atoms with Gasteiger partial charge in [0.1, 0.15) is 0 Å². The van der Waals surface area contributed by atoms with Crippen LogP contribution in [0.2, 0.25) is 0 Å². The number of hydrogen-bond acceptors (Lipinski definition) is 7. The third-order valence-electron chi connectivity index (χ3n) is 4.62. The van der Waals surface area contributed by atoms with E-state index in [0.29, 0.717) is 21.8 Å². The van der Waals surface area contributed by atoms with E-state index in [1.807, 2.05) is 17.5 Å². The number of nitrogens with zero attached hydrogens (tertiary/aromatic N) is 3. The minimum absolute atomic E-state index is 0.0152. The van der Waals surface area contributed by atoms with Gasteiger partial charge in [0, 0.05) is 23.9 Å². The van der Waals surface area contributed by atoms with Crippen LogP contribution >= 0.6 is 11.3 Å². The van der Waals surface area contributed by atoms with Crippen molar-refractivity contribution in [2.45, 2.75) is 12.8 Å². The highest BCUT2D eigenvalue weighted by Crippen LogP contribution is 2.25. The summed E-state index contributed by atoms with van der Waals surface area (Å²) in [7, 11) is 1.29. The lowest BCUT2D eigenvalue weighted by Gasteiger charge is -2.09. The number of amides is 1. The molecule has 0 aliphatic heterocycles. The normalized spacial score (nSPS) is 10.7. The summed E-state index contributed by atoms with van der Waals surface area (Å²) in [5.41, 5.74) is 2.98. The number of nitrogens with one attached hydrogen (secondary N) is 1. The van der Waals surface area contributed by atoms with Crippen molar-refractivity contribution in [2.24, 2.45) is 0 Å². The summed E-state index contributed by atoms with van der Waals surface area (Å²) in [6.45, 7) is 0. The molecule has 9 heteroatoms. The Hall–Kier alpha value is -3.85. The lowest BCUT2D eigenvalue weighted by molar-refractivity contribution is -0.141. The average Bonchev–Trinajstić information content (AvgIpc) is 3.47. The summed E-state index contributed by atoms with van der Waals surface area (Å²) in [6, 6.07) is 12.6. The van der Waals surface area contributed by atoms with Crippen molar-refractivity contribution < 1.29 is 19.1 Å². The first kappa shape index (κ1) is 20.4. The summed E-state index contributed by atoms with van der Waals surface area (Å²) in [6.07, 6.45) is 3.19. The molecule has 3 heterocycles. The minimum atomic E-state index is -0.435. The van der Waals surface area contributed by atoms with Crippen molar-refractivity contribution in [1.82, 2.24) is 14.6 Å². The Morgan fingerprint density at radius 2 is 2.00 bits per heavy atom. The van der Waals surface area contributed by atoms with E-state index >= 15 is 0 Å². The number of carbonyl (C=O) groups is 3. The van der Waals surface area contributed by atoms with Crippen LogP contribution in [0.25, 0.3) is 16.9 Å². The predicted octanol–water partition coefficient (Wildman–Crippen LogP) is 3.58. The zero-order valence-corrected chi connectivity index (χ0v) is 17.4. The number of fused-ring (bicyclic) bond motifs is 1. The van der Waals surface area contributed by atoms with E-state index < -0.39 is 5.97 Å². The molecule has 0 atom stereocenters. The number of hydrogen-bond donors (Lipinski definition) is 1. The highest BCUT2D eigenvalue weighted by molar-refractivity contribution is 7.12. The van der Waals surface area contributed by atoms with Crippen molar-refractivity contribution >= 4 is 40.3 Å². The Balaban J connectivity index is 1.61. The van der Waals surface area contributed by atoms with Crippen LogP contribution in [-0.2, 0) is 14.3 Å². The second-order valence-electron chi connectivity index (χ2n) is 6.64. The topological polar surface area (TPSA) is 103 Å². The molecule has 4 aromatic rings. The smallest absolute Gasteiger partial charge is 0.306 e. The second-order valence-corrected chi connectivity index (χ2v) is 7.58. The molecule has 0 unspecified atom stereocenters. The van der Waals surface area contributed by atoms with Gasteiger partial charge in [-0.15, -0.1) is 11.3 Å². The molecular formula is C22H18N4O4S. The van der Waals surface area contributed by atoms with E-state index in [-0.39, 0.29) is 24.5 Å². The van der Waals surface area contributed by atoms with Gasteiger partial charge in [-0.2, -0.15) is 5.10 Å². The lowest BCUT2D eigenvalue weighted by Crippen LogP contribution is -2.14. The van der Waals surface area contributed by atoms with E-state index in [9.17, 15) is 14.4 Å². The lowest BCUT2D eigenvalue weighted by atomic mass is 10.1. The molecule has 31 heavy (non-hydrogen) atoms. The maximum absolute atomic E-state index is 12.8. The SMILES string of the molecule is COC(=O)CCC(=O)Nc1cccc(-c2ccnc3c(C(=O)c4cccs4)cnn23)c1. The van der Waals surface area contributed by atoms with Gasteiger partial charge in [-0.1, -0.05) is 18.2 Å². The molecule has 0 radical (unpaired) electrons. The standard InChI is InChI=1S/C22H18N4O4S/c1-30-20(28)8-7-19(27)25-15-5-2-4-14(12-15)17-9-10-23-22-16(13-24-26(17)22)21(29)18-6-3-11-31-18/h2-6,9-13H,7-8H2,1H3,(H,25,27). The highest BCUT2D eigenvalue weighted by Gasteiger charge is 2.18. The van der Waals surface area contributed by atoms with E-state index in [4.69, 9.17) is 0 Å². The first-order valence-electron chi connectivity index (χ1n) is 9.45. The van der Waals surface area contributed by atoms with Crippen LogP contribution in [0.5, 0.6) is 0 Å². The number of ketones is 1. The summed E-state index contributed by atoms with van der Waals surface area (Å²) in [5, 5.41) is 9.00. The summed E-state index contributed by atoms with van der Waals surface area (Å²) in [4.78, 5) is 41.1. The molecule has 8 nitrogen and oxygen atoms in total. The number of carbonyl (C=O) groups excluding carboxylic acids is 3. The van der Waals surface area contributed by atoms with Crippen LogP contribution in [-0.4, -0.2) is 39.4 Å². The zero-order chi connectivity index (χ0) is 21.8. The first-order valence-corrected chi connectivity index (χ1v) is 10.3. The van der Waals surface area contributed by atoms with Crippen LogP contribution in [0.1, 0.15) is 28.1 Å². The molecule has 3 aromatic heterocycles. The number of esters is 1. The van der Waals surface area contributed by atoms with Gasteiger partial charge < -0.3 is 10.1 Å². The van der Waals surface area contributed by atoms with Crippen molar-refractivity contribution in [2.75, 3.05) is 12.4 Å². The van der Waals surface area contributed by atoms with E-state index in [1.165, 1.54) is 24.6 Å². The van der Waals surface area contributed by atoms with Gasteiger partial charge in [-0.05, 0) is 29.6 Å². The fourth-order valence-corrected chi connectivity index (χ4v) is 3.79. The number of ether oxygens (including phenoxy) is 1. The minimum Gasteiger partial charge on any atom is -0.469 e. The van der Waals surface area contributed by atoms with Gasteiger partial charge >= 0.3 is 5.97 Å². The van der Waals surface area contributed by atoms with Crippen molar-refractivity contribution in [3.63, 3.8) is 0 Å². The fraction of sp³-hybridized carbons (Fsp3) is 0.136. The number of thiophene rings is 1. The Labute approximate surface area is 181 Å². The molecule has 0 spiro atoms. The molecule has 0 saturated carbocycles. The van der Waals surface area contributed by atoms with Gasteiger partial charge in [0.15, 0.2) is 5.65 Å². The zero-order valence-electron chi connectivity index (χ0n) is 16.6. The number of rotatable bonds is 7. The van der Waals surface area contributed by atoms with Gasteiger partial charge in [-0.3, -0.25) is 14.4 Å². The summed E-state index contributed by atoms with van der Waals surface area (Å²) in [5.74, 6) is -0.846. The Bertz CT molecular complexity index is 1260. The van der Waals surface area contributed by atoms with Gasteiger partial charge in [0.25, 0.3) is 0 Å². The number of aromatic nitrogens is 3.